The van der Waals surface area contributed by atoms with Crippen molar-refractivity contribution >= 4 is 5.91 Å². The molecule has 0 fully saturated rings. The molecule has 0 aliphatic carbocycles. The molecule has 0 spiro atoms. The van der Waals surface area contributed by atoms with Gasteiger partial charge in [-0.1, -0.05) is 6.07 Å². The Morgan fingerprint density at radius 2 is 2.27 bits per heavy atom. The maximum Gasteiger partial charge on any atom is 0.251 e. The van der Waals surface area contributed by atoms with Crippen LogP contribution in [0.1, 0.15) is 15.9 Å². The fraction of sp³-hybridized carbons (Fsp3) is 0.364. The Labute approximate surface area is 88.2 Å². The number of aryl methyl sites for hydroxylation is 1. The quantitative estimate of drug-likeness (QED) is 0.767. The summed E-state index contributed by atoms with van der Waals surface area (Å²) in [7, 11) is 1.55. The van der Waals surface area contributed by atoms with E-state index in [-0.39, 0.29) is 11.7 Å². The number of methoxy groups -OCH3 is 1. The summed E-state index contributed by atoms with van der Waals surface area (Å²) in [5, 5.41) is 2.62. The fourth-order valence-corrected chi connectivity index (χ4v) is 1.10. The summed E-state index contributed by atoms with van der Waals surface area (Å²) in [5.74, 6) is -0.652. The van der Waals surface area contributed by atoms with Gasteiger partial charge in [0.25, 0.3) is 5.91 Å². The number of rotatable bonds is 4. The molecular formula is C11H14FNO2. The van der Waals surface area contributed by atoms with E-state index in [0.29, 0.717) is 24.3 Å². The van der Waals surface area contributed by atoms with E-state index in [1.54, 1.807) is 26.2 Å². The van der Waals surface area contributed by atoms with Crippen LogP contribution in [0.15, 0.2) is 18.2 Å². The lowest BCUT2D eigenvalue weighted by molar-refractivity contribution is 0.0936. The molecule has 3 nitrogen and oxygen atoms in total. The van der Waals surface area contributed by atoms with Crippen molar-refractivity contribution in [1.82, 2.24) is 5.32 Å². The maximum absolute atomic E-state index is 13.1. The minimum atomic E-state index is -0.366. The van der Waals surface area contributed by atoms with Gasteiger partial charge in [0.2, 0.25) is 0 Å². The zero-order chi connectivity index (χ0) is 11.3. The van der Waals surface area contributed by atoms with Crippen LogP contribution in [0.5, 0.6) is 0 Å². The predicted molar refractivity (Wildman–Crippen MR) is 55.3 cm³/mol. The van der Waals surface area contributed by atoms with Crippen molar-refractivity contribution in [2.24, 2.45) is 0 Å². The van der Waals surface area contributed by atoms with Gasteiger partial charge < -0.3 is 10.1 Å². The summed E-state index contributed by atoms with van der Waals surface area (Å²) in [6.07, 6.45) is 0. The van der Waals surface area contributed by atoms with E-state index < -0.39 is 0 Å². The van der Waals surface area contributed by atoms with Crippen LogP contribution in [-0.4, -0.2) is 26.2 Å². The Morgan fingerprint density at radius 1 is 1.53 bits per heavy atom. The molecule has 0 bridgehead atoms. The summed E-state index contributed by atoms with van der Waals surface area (Å²) in [5.41, 5.74) is 0.859. The van der Waals surface area contributed by atoms with E-state index in [9.17, 15) is 9.18 Å². The molecule has 1 N–H and O–H groups in total. The Kier molecular flexibility index (Phi) is 4.24. The van der Waals surface area contributed by atoms with E-state index in [1.807, 2.05) is 0 Å². The SMILES string of the molecule is COCCNC(=O)c1ccc(C)c(F)c1. The lowest BCUT2D eigenvalue weighted by Gasteiger charge is -2.05. The summed E-state index contributed by atoms with van der Waals surface area (Å²) >= 11 is 0. The van der Waals surface area contributed by atoms with Crippen molar-refractivity contribution in [1.29, 1.82) is 0 Å². The highest BCUT2D eigenvalue weighted by Crippen LogP contribution is 2.08. The van der Waals surface area contributed by atoms with E-state index in [0.717, 1.165) is 0 Å². The van der Waals surface area contributed by atoms with Crippen LogP contribution in [0, 0.1) is 12.7 Å². The number of benzene rings is 1. The predicted octanol–water partition coefficient (Wildman–Crippen LogP) is 1.51. The van der Waals surface area contributed by atoms with Crippen LogP contribution >= 0.6 is 0 Å². The fourth-order valence-electron chi connectivity index (χ4n) is 1.10. The van der Waals surface area contributed by atoms with Gasteiger partial charge in [0.15, 0.2) is 0 Å². The minimum Gasteiger partial charge on any atom is -0.383 e. The van der Waals surface area contributed by atoms with Gasteiger partial charge in [-0.15, -0.1) is 0 Å². The maximum atomic E-state index is 13.1. The van der Waals surface area contributed by atoms with Crippen molar-refractivity contribution < 1.29 is 13.9 Å². The van der Waals surface area contributed by atoms with Crippen LogP contribution in [-0.2, 0) is 4.74 Å². The Hall–Kier alpha value is -1.42. The van der Waals surface area contributed by atoms with Gasteiger partial charge >= 0.3 is 0 Å². The molecule has 0 aliphatic rings. The molecule has 1 amide bonds. The van der Waals surface area contributed by atoms with Crippen LogP contribution < -0.4 is 5.32 Å². The van der Waals surface area contributed by atoms with Crippen LogP contribution in [0.2, 0.25) is 0 Å². The summed E-state index contributed by atoms with van der Waals surface area (Å²) in [6.45, 7) is 2.52. The summed E-state index contributed by atoms with van der Waals surface area (Å²) in [6, 6.07) is 4.42. The lowest BCUT2D eigenvalue weighted by atomic mass is 10.1. The monoisotopic (exact) mass is 211 g/mol. The smallest absolute Gasteiger partial charge is 0.251 e. The zero-order valence-electron chi connectivity index (χ0n) is 8.84. The molecule has 1 aromatic carbocycles. The molecule has 0 saturated carbocycles. The van der Waals surface area contributed by atoms with E-state index in [1.165, 1.54) is 6.07 Å². The molecule has 15 heavy (non-hydrogen) atoms. The topological polar surface area (TPSA) is 38.3 Å². The first-order chi connectivity index (χ1) is 7.15. The molecule has 4 heteroatoms. The highest BCUT2D eigenvalue weighted by molar-refractivity contribution is 5.94. The molecule has 0 aliphatic heterocycles. The van der Waals surface area contributed by atoms with Gasteiger partial charge in [-0.2, -0.15) is 0 Å². The first-order valence-corrected chi connectivity index (χ1v) is 4.68. The number of carbonyl (C=O) groups excluding carboxylic acids is 1. The van der Waals surface area contributed by atoms with Crippen molar-refractivity contribution in [2.75, 3.05) is 20.3 Å². The Bertz CT molecular complexity index is 352. The number of carbonyl (C=O) groups is 1. The van der Waals surface area contributed by atoms with Gasteiger partial charge in [0, 0.05) is 19.2 Å². The second kappa shape index (κ2) is 5.46. The van der Waals surface area contributed by atoms with Crippen molar-refractivity contribution in [2.45, 2.75) is 6.92 Å². The lowest BCUT2D eigenvalue weighted by Crippen LogP contribution is -2.27. The highest BCUT2D eigenvalue weighted by Gasteiger charge is 2.06. The summed E-state index contributed by atoms with van der Waals surface area (Å²) < 4.78 is 17.9. The zero-order valence-corrected chi connectivity index (χ0v) is 8.84. The Balaban J connectivity index is 2.62. The van der Waals surface area contributed by atoms with Crippen LogP contribution in [0.4, 0.5) is 4.39 Å². The first-order valence-electron chi connectivity index (χ1n) is 4.68. The average molecular weight is 211 g/mol. The second-order valence-electron chi connectivity index (χ2n) is 3.21. The third kappa shape index (κ3) is 3.32. The third-order valence-corrected chi connectivity index (χ3v) is 2.03. The van der Waals surface area contributed by atoms with Crippen molar-refractivity contribution in [3.8, 4) is 0 Å². The molecule has 0 saturated heterocycles. The second-order valence-corrected chi connectivity index (χ2v) is 3.21. The van der Waals surface area contributed by atoms with Gasteiger partial charge in [0.1, 0.15) is 5.82 Å². The van der Waals surface area contributed by atoms with Gasteiger partial charge in [-0.3, -0.25) is 4.79 Å². The van der Waals surface area contributed by atoms with E-state index >= 15 is 0 Å². The van der Waals surface area contributed by atoms with E-state index in [2.05, 4.69) is 5.32 Å². The Morgan fingerprint density at radius 3 is 2.87 bits per heavy atom. The largest absolute Gasteiger partial charge is 0.383 e. The number of ether oxygens (including phenoxy) is 1. The van der Waals surface area contributed by atoms with Crippen LogP contribution in [0.3, 0.4) is 0 Å². The molecule has 0 radical (unpaired) electrons. The minimum absolute atomic E-state index is 0.286. The number of nitrogens with one attached hydrogen (secondary N) is 1. The van der Waals surface area contributed by atoms with Crippen molar-refractivity contribution in [3.63, 3.8) is 0 Å². The molecule has 0 aromatic heterocycles. The van der Waals surface area contributed by atoms with Crippen molar-refractivity contribution in [3.05, 3.63) is 35.1 Å². The van der Waals surface area contributed by atoms with Gasteiger partial charge in [0.05, 0.1) is 6.61 Å². The van der Waals surface area contributed by atoms with Gasteiger partial charge in [-0.25, -0.2) is 4.39 Å². The summed E-state index contributed by atoms with van der Waals surface area (Å²) in [4.78, 5) is 11.4. The molecule has 82 valence electrons. The standard InChI is InChI=1S/C11H14FNO2/c1-8-3-4-9(7-10(8)12)11(14)13-5-6-15-2/h3-4,7H,5-6H2,1-2H3,(H,13,14). The van der Waals surface area contributed by atoms with E-state index in [4.69, 9.17) is 4.74 Å². The molecule has 0 atom stereocenters. The molecule has 1 aromatic rings. The molecular weight excluding hydrogens is 197 g/mol. The van der Waals surface area contributed by atoms with Crippen LogP contribution in [0.25, 0.3) is 0 Å². The number of hydrogen-bond acceptors (Lipinski definition) is 2. The molecule has 0 unspecified atom stereocenters. The molecule has 1 rings (SSSR count). The molecule has 0 heterocycles. The highest BCUT2D eigenvalue weighted by atomic mass is 19.1. The first kappa shape index (κ1) is 11.7. The third-order valence-electron chi connectivity index (χ3n) is 2.03. The van der Waals surface area contributed by atoms with Gasteiger partial charge in [-0.05, 0) is 24.6 Å². The number of amides is 1. The number of hydrogen-bond donors (Lipinski definition) is 1. The average Bonchev–Trinajstić information content (AvgIpc) is 2.22. The number of halogens is 1. The normalized spacial score (nSPS) is 10.1.